The van der Waals surface area contributed by atoms with Crippen molar-refractivity contribution in [2.24, 2.45) is 7.05 Å². The Labute approximate surface area is 199 Å². The van der Waals surface area contributed by atoms with Gasteiger partial charge in [-0.25, -0.2) is 12.7 Å². The minimum absolute atomic E-state index is 0.0207. The molecule has 1 aromatic heterocycles. The quantitative estimate of drug-likeness (QED) is 0.573. The summed E-state index contributed by atoms with van der Waals surface area (Å²) < 4.78 is 33.3. The minimum atomic E-state index is -3.18. The molecule has 2 heterocycles. The fourth-order valence-corrected chi connectivity index (χ4v) is 6.39. The van der Waals surface area contributed by atoms with Gasteiger partial charge < -0.3 is 9.30 Å². The standard InChI is InChI=1S/C26H27N3O4S/c1-26(2)21-14-18(33-17-9-11-29(12-10-17)34(4,31)32)6-8-19(21)24(30)23-20-7-5-16(15-27)13-22(20)28(3)25(23)26/h5-8,13-14,17H,9-12H2,1-4H3. The average molecular weight is 478 g/mol. The minimum Gasteiger partial charge on any atom is -0.490 e. The monoisotopic (exact) mass is 477 g/mol. The van der Waals surface area contributed by atoms with Gasteiger partial charge in [0, 0.05) is 42.2 Å². The van der Waals surface area contributed by atoms with Gasteiger partial charge in [0.25, 0.3) is 0 Å². The third-order valence-corrected chi connectivity index (χ3v) is 8.53. The summed E-state index contributed by atoms with van der Waals surface area (Å²) in [5, 5.41) is 10.2. The molecule has 0 atom stereocenters. The lowest BCUT2D eigenvalue weighted by Crippen LogP contribution is -2.41. The molecule has 0 N–H and O–H groups in total. The number of sulfonamides is 1. The van der Waals surface area contributed by atoms with Gasteiger partial charge in [-0.2, -0.15) is 5.26 Å². The first-order chi connectivity index (χ1) is 16.0. The molecule has 5 rings (SSSR count). The van der Waals surface area contributed by atoms with Crippen LogP contribution in [0.25, 0.3) is 10.9 Å². The van der Waals surface area contributed by atoms with Gasteiger partial charge in [-0.05, 0) is 48.7 Å². The number of ketones is 1. The first kappa shape index (κ1) is 22.6. The van der Waals surface area contributed by atoms with E-state index in [0.29, 0.717) is 48.4 Å². The molecule has 0 amide bonds. The summed E-state index contributed by atoms with van der Waals surface area (Å²) in [5.74, 6) is 0.666. The molecule has 3 aromatic rings. The van der Waals surface area contributed by atoms with Crippen LogP contribution < -0.4 is 4.74 Å². The second-order valence-electron chi connectivity index (χ2n) is 9.77. The fraction of sp³-hybridized carbons (Fsp3) is 0.385. The molecule has 0 unspecified atom stereocenters. The van der Waals surface area contributed by atoms with E-state index in [1.165, 1.54) is 10.6 Å². The second kappa shape index (κ2) is 7.69. The number of hydrogen-bond acceptors (Lipinski definition) is 5. The topological polar surface area (TPSA) is 92.4 Å². The summed E-state index contributed by atoms with van der Waals surface area (Å²) >= 11 is 0. The van der Waals surface area contributed by atoms with Crippen LogP contribution in [0.5, 0.6) is 5.75 Å². The maximum atomic E-state index is 13.6. The summed E-state index contributed by atoms with van der Waals surface area (Å²) in [6.45, 7) is 5.11. The molecular weight excluding hydrogens is 450 g/mol. The fourth-order valence-electron chi connectivity index (χ4n) is 5.52. The average Bonchev–Trinajstić information content (AvgIpc) is 3.10. The van der Waals surface area contributed by atoms with E-state index < -0.39 is 15.4 Å². The molecule has 0 radical (unpaired) electrons. The lowest BCUT2D eigenvalue weighted by Gasteiger charge is -2.34. The first-order valence-corrected chi connectivity index (χ1v) is 13.2. The number of nitriles is 1. The molecule has 2 aromatic carbocycles. The van der Waals surface area contributed by atoms with Crippen molar-refractivity contribution in [3.8, 4) is 11.8 Å². The smallest absolute Gasteiger partial charge is 0.211 e. The van der Waals surface area contributed by atoms with E-state index in [0.717, 1.165) is 22.2 Å². The Balaban J connectivity index is 1.51. The third-order valence-electron chi connectivity index (χ3n) is 7.23. The Morgan fingerprint density at radius 2 is 1.82 bits per heavy atom. The Hall–Kier alpha value is -3.15. The van der Waals surface area contributed by atoms with Gasteiger partial charge in [0.05, 0.1) is 29.0 Å². The zero-order valence-corrected chi connectivity index (χ0v) is 20.6. The van der Waals surface area contributed by atoms with Crippen LogP contribution in [-0.4, -0.2) is 48.5 Å². The molecule has 0 bridgehead atoms. The zero-order valence-electron chi connectivity index (χ0n) is 19.8. The molecule has 176 valence electrons. The maximum Gasteiger partial charge on any atom is 0.211 e. The number of nitrogens with zero attached hydrogens (tertiary/aromatic N) is 3. The van der Waals surface area contributed by atoms with Crippen molar-refractivity contribution in [1.29, 1.82) is 5.26 Å². The molecule has 1 aliphatic carbocycles. The lowest BCUT2D eigenvalue weighted by molar-refractivity contribution is 0.103. The molecule has 1 fully saturated rings. The van der Waals surface area contributed by atoms with Crippen LogP contribution in [0, 0.1) is 11.3 Å². The van der Waals surface area contributed by atoms with Gasteiger partial charge in [0.2, 0.25) is 10.0 Å². The molecule has 0 spiro atoms. The van der Waals surface area contributed by atoms with Gasteiger partial charge in [0.15, 0.2) is 5.78 Å². The maximum absolute atomic E-state index is 13.6. The predicted octanol–water partition coefficient (Wildman–Crippen LogP) is 3.72. The molecule has 1 saturated heterocycles. The van der Waals surface area contributed by atoms with E-state index in [-0.39, 0.29) is 11.9 Å². The third kappa shape index (κ3) is 3.42. The predicted molar refractivity (Wildman–Crippen MR) is 130 cm³/mol. The normalized spacial score (nSPS) is 18.4. The van der Waals surface area contributed by atoms with Gasteiger partial charge >= 0.3 is 0 Å². The van der Waals surface area contributed by atoms with Crippen molar-refractivity contribution < 1.29 is 17.9 Å². The van der Waals surface area contributed by atoms with Crippen LogP contribution in [0.1, 0.15) is 59.4 Å². The summed E-state index contributed by atoms with van der Waals surface area (Å²) in [6, 6.07) is 13.3. The number of ether oxygens (including phenoxy) is 1. The molecule has 34 heavy (non-hydrogen) atoms. The van der Waals surface area contributed by atoms with Crippen LogP contribution >= 0.6 is 0 Å². The highest BCUT2D eigenvalue weighted by Crippen LogP contribution is 2.46. The van der Waals surface area contributed by atoms with E-state index in [9.17, 15) is 18.5 Å². The Morgan fingerprint density at radius 3 is 2.47 bits per heavy atom. The summed E-state index contributed by atoms with van der Waals surface area (Å²) in [5.41, 5.74) is 4.15. The van der Waals surface area contributed by atoms with E-state index in [4.69, 9.17) is 4.74 Å². The number of benzene rings is 2. The molecule has 7 nitrogen and oxygen atoms in total. The highest BCUT2D eigenvalue weighted by atomic mass is 32.2. The molecule has 0 saturated carbocycles. The van der Waals surface area contributed by atoms with Crippen molar-refractivity contribution in [1.82, 2.24) is 8.87 Å². The molecule has 8 heteroatoms. The van der Waals surface area contributed by atoms with Gasteiger partial charge in [-0.3, -0.25) is 4.79 Å². The van der Waals surface area contributed by atoms with Gasteiger partial charge in [-0.15, -0.1) is 0 Å². The Bertz CT molecular complexity index is 1490. The number of carbonyl (C=O) groups excluding carboxylic acids is 1. The van der Waals surface area contributed by atoms with Crippen LogP contribution in [0.15, 0.2) is 36.4 Å². The molecular formula is C26H27N3O4S. The van der Waals surface area contributed by atoms with Crippen molar-refractivity contribution in [2.45, 2.75) is 38.2 Å². The SMILES string of the molecule is Cn1c2c(c3ccc(C#N)cc31)C(=O)c1ccc(OC3CCN(S(C)(=O)=O)CC3)cc1C2(C)C. The summed E-state index contributed by atoms with van der Waals surface area (Å²) in [4.78, 5) is 13.6. The first-order valence-electron chi connectivity index (χ1n) is 11.4. The van der Waals surface area contributed by atoms with E-state index in [2.05, 4.69) is 19.9 Å². The van der Waals surface area contributed by atoms with Crippen molar-refractivity contribution in [3.05, 3.63) is 64.3 Å². The summed E-state index contributed by atoms with van der Waals surface area (Å²) in [7, 11) is -1.24. The number of rotatable bonds is 3. The molecule has 1 aliphatic heterocycles. The number of aryl methyl sites for hydroxylation is 1. The highest BCUT2D eigenvalue weighted by molar-refractivity contribution is 7.88. The van der Waals surface area contributed by atoms with E-state index >= 15 is 0 Å². The number of carbonyl (C=O) groups is 1. The van der Waals surface area contributed by atoms with Crippen LogP contribution in [0.4, 0.5) is 0 Å². The number of fused-ring (bicyclic) bond motifs is 4. The van der Waals surface area contributed by atoms with E-state index in [1.807, 2.05) is 41.9 Å². The molecule has 2 aliphatic rings. The zero-order chi connectivity index (χ0) is 24.4. The van der Waals surface area contributed by atoms with Gasteiger partial charge in [-0.1, -0.05) is 19.9 Å². The van der Waals surface area contributed by atoms with E-state index in [1.54, 1.807) is 6.07 Å². The van der Waals surface area contributed by atoms with Crippen LogP contribution in [0.2, 0.25) is 0 Å². The highest BCUT2D eigenvalue weighted by Gasteiger charge is 2.41. The van der Waals surface area contributed by atoms with Crippen molar-refractivity contribution in [2.75, 3.05) is 19.3 Å². The van der Waals surface area contributed by atoms with Gasteiger partial charge in [0.1, 0.15) is 11.9 Å². The lowest BCUT2D eigenvalue weighted by atomic mass is 9.71. The second-order valence-corrected chi connectivity index (χ2v) is 11.7. The van der Waals surface area contributed by atoms with Crippen molar-refractivity contribution >= 4 is 26.7 Å². The number of hydrogen-bond donors (Lipinski definition) is 0. The number of aromatic nitrogens is 1. The van der Waals surface area contributed by atoms with Crippen LogP contribution in [-0.2, 0) is 22.5 Å². The largest absolute Gasteiger partial charge is 0.490 e. The Morgan fingerprint density at radius 1 is 1.12 bits per heavy atom. The van der Waals surface area contributed by atoms with Crippen LogP contribution in [0.3, 0.4) is 0 Å². The number of piperidine rings is 1. The van der Waals surface area contributed by atoms with Crippen molar-refractivity contribution in [3.63, 3.8) is 0 Å². The summed E-state index contributed by atoms with van der Waals surface area (Å²) in [6.07, 6.45) is 2.41. The Kier molecular flexibility index (Phi) is 5.12.